The Morgan fingerprint density at radius 1 is 1.05 bits per heavy atom. The van der Waals surface area contributed by atoms with Gasteiger partial charge in [0.25, 0.3) is 0 Å². The zero-order valence-corrected chi connectivity index (χ0v) is 12.0. The van der Waals surface area contributed by atoms with E-state index < -0.39 is 0 Å². The Labute approximate surface area is 122 Å². The first-order valence-corrected chi connectivity index (χ1v) is 6.97. The fraction of sp³-hybridized carbons (Fsp3) is 0. The molecule has 4 heteroatoms. The highest BCUT2D eigenvalue weighted by molar-refractivity contribution is 9.10. The zero-order valence-electron chi connectivity index (χ0n) is 9.65. The fourth-order valence-corrected chi connectivity index (χ4v) is 3.04. The van der Waals surface area contributed by atoms with E-state index in [-0.39, 0.29) is 0 Å². The molecule has 0 bridgehead atoms. The Bertz CT molecular complexity index is 899. The number of hydrogen-bond donors (Lipinski definition) is 0. The maximum Gasteiger partial charge on any atom is 0.229 e. The second-order valence-corrected chi connectivity index (χ2v) is 5.66. The van der Waals surface area contributed by atoms with Crippen LogP contribution in [0.4, 0.5) is 0 Å². The number of para-hydroxylation sites is 1. The molecule has 92 valence electrons. The van der Waals surface area contributed by atoms with Crippen LogP contribution in [0.1, 0.15) is 0 Å². The van der Waals surface area contributed by atoms with Gasteiger partial charge in [-0.05, 0) is 24.3 Å². The van der Waals surface area contributed by atoms with Crippen LogP contribution in [0.15, 0.2) is 51.4 Å². The molecule has 0 radical (unpaired) electrons. The summed E-state index contributed by atoms with van der Waals surface area (Å²) in [4.78, 5) is 4.49. The topological polar surface area (TPSA) is 26.0 Å². The number of rotatable bonds is 0. The molecule has 0 saturated carbocycles. The van der Waals surface area contributed by atoms with Gasteiger partial charge in [-0.3, -0.25) is 0 Å². The fourth-order valence-electron chi connectivity index (χ4n) is 2.35. The highest BCUT2D eigenvalue weighted by Crippen LogP contribution is 2.42. The lowest BCUT2D eigenvalue weighted by atomic mass is 10.1. The second kappa shape index (κ2) is 3.95. The number of benzene rings is 2. The Morgan fingerprint density at radius 2 is 1.89 bits per heavy atom. The summed E-state index contributed by atoms with van der Waals surface area (Å²) in [6.45, 7) is 0. The van der Waals surface area contributed by atoms with Gasteiger partial charge in [0, 0.05) is 15.2 Å². The summed E-state index contributed by atoms with van der Waals surface area (Å²) in [5.41, 5.74) is 2.52. The summed E-state index contributed by atoms with van der Waals surface area (Å²) in [5, 5.41) is 2.60. The molecule has 2 aliphatic rings. The van der Waals surface area contributed by atoms with E-state index in [1.165, 1.54) is 0 Å². The molecule has 0 aromatic heterocycles. The van der Waals surface area contributed by atoms with Crippen molar-refractivity contribution in [3.05, 3.63) is 52.0 Å². The van der Waals surface area contributed by atoms with Crippen molar-refractivity contribution in [2.24, 2.45) is 0 Å². The lowest BCUT2D eigenvalue weighted by Crippen LogP contribution is -1.83. The van der Waals surface area contributed by atoms with Gasteiger partial charge in [0.1, 0.15) is 5.58 Å². The van der Waals surface area contributed by atoms with Gasteiger partial charge in [-0.25, -0.2) is 4.98 Å². The van der Waals surface area contributed by atoms with Crippen LogP contribution >= 0.6 is 27.5 Å². The highest BCUT2D eigenvalue weighted by Gasteiger charge is 2.20. The number of halogens is 2. The van der Waals surface area contributed by atoms with Gasteiger partial charge in [-0.15, -0.1) is 0 Å². The van der Waals surface area contributed by atoms with Crippen LogP contribution in [0.25, 0.3) is 33.3 Å². The van der Waals surface area contributed by atoms with E-state index in [9.17, 15) is 0 Å². The summed E-state index contributed by atoms with van der Waals surface area (Å²) in [6, 6.07) is 13.7. The molecule has 0 atom stereocenters. The minimum atomic E-state index is 0.584. The molecule has 19 heavy (non-hydrogen) atoms. The van der Waals surface area contributed by atoms with E-state index in [1.54, 1.807) is 0 Å². The van der Waals surface area contributed by atoms with Crippen LogP contribution in [-0.4, -0.2) is 4.98 Å². The van der Waals surface area contributed by atoms with Crippen molar-refractivity contribution >= 4 is 49.4 Å². The molecule has 2 aromatic rings. The average molecular weight is 333 g/mol. The van der Waals surface area contributed by atoms with Gasteiger partial charge in [0.15, 0.2) is 0 Å². The second-order valence-electron chi connectivity index (χ2n) is 4.37. The molecule has 0 aliphatic carbocycles. The molecule has 0 fully saturated rings. The lowest BCUT2D eigenvalue weighted by Gasteiger charge is -2.06. The minimum absolute atomic E-state index is 0.584. The summed E-state index contributed by atoms with van der Waals surface area (Å²) >= 11 is 10.0. The standard InChI is InChI=1S/C15H7BrClNO/c16-8-5-6-12-10(7-8)14(17)13-9-3-1-2-4-11(9)18-15(13)19-12/h1-7H. The van der Waals surface area contributed by atoms with Crippen molar-refractivity contribution in [1.82, 2.24) is 4.98 Å². The normalized spacial score (nSPS) is 11.7. The third-order valence-corrected chi connectivity index (χ3v) is 4.10. The quantitative estimate of drug-likeness (QED) is 0.425. The summed E-state index contributed by atoms with van der Waals surface area (Å²) in [5.74, 6) is 0.584. The van der Waals surface area contributed by atoms with Gasteiger partial charge in [0.2, 0.25) is 5.89 Å². The Hall–Kier alpha value is -1.58. The Balaban J connectivity index is 2.27. The average Bonchev–Trinajstić information content (AvgIpc) is 2.78. The molecule has 0 N–H and O–H groups in total. The molecular weight excluding hydrogens is 326 g/mol. The van der Waals surface area contributed by atoms with Crippen LogP contribution in [0.5, 0.6) is 0 Å². The largest absolute Gasteiger partial charge is 0.438 e. The smallest absolute Gasteiger partial charge is 0.229 e. The van der Waals surface area contributed by atoms with Crippen molar-refractivity contribution in [2.75, 3.05) is 0 Å². The number of hydrogen-bond acceptors (Lipinski definition) is 2. The molecule has 0 amide bonds. The SMILES string of the molecule is Clc1c2c3ccccc3nc-2oc2ccc(Br)cc12. The molecule has 2 aliphatic heterocycles. The summed E-state index contributed by atoms with van der Waals surface area (Å²) < 4.78 is 6.82. The van der Waals surface area contributed by atoms with E-state index >= 15 is 0 Å². The maximum atomic E-state index is 6.55. The van der Waals surface area contributed by atoms with Crippen molar-refractivity contribution in [3.63, 3.8) is 0 Å². The van der Waals surface area contributed by atoms with Gasteiger partial charge < -0.3 is 4.42 Å². The van der Waals surface area contributed by atoms with E-state index in [2.05, 4.69) is 20.9 Å². The van der Waals surface area contributed by atoms with Crippen molar-refractivity contribution < 1.29 is 4.42 Å². The van der Waals surface area contributed by atoms with Gasteiger partial charge in [0.05, 0.1) is 16.1 Å². The molecule has 0 spiro atoms. The van der Waals surface area contributed by atoms with Gasteiger partial charge >= 0.3 is 0 Å². The van der Waals surface area contributed by atoms with E-state index in [4.69, 9.17) is 16.0 Å². The first-order chi connectivity index (χ1) is 9.24. The summed E-state index contributed by atoms with van der Waals surface area (Å²) in [6.07, 6.45) is 0. The third-order valence-electron chi connectivity index (χ3n) is 3.21. The number of fused-ring (bicyclic) bond motifs is 4. The van der Waals surface area contributed by atoms with Crippen molar-refractivity contribution in [2.45, 2.75) is 0 Å². The molecular formula is C15H7BrClNO. The minimum Gasteiger partial charge on any atom is -0.438 e. The van der Waals surface area contributed by atoms with E-state index in [1.807, 2.05) is 42.5 Å². The molecule has 2 heterocycles. The molecule has 2 aromatic carbocycles. The van der Waals surface area contributed by atoms with Gasteiger partial charge in [-0.2, -0.15) is 0 Å². The number of nitrogens with zero attached hydrogens (tertiary/aromatic N) is 1. The highest BCUT2D eigenvalue weighted by atomic mass is 79.9. The van der Waals surface area contributed by atoms with Crippen LogP contribution < -0.4 is 0 Å². The molecule has 4 rings (SSSR count). The zero-order chi connectivity index (χ0) is 13.0. The molecule has 0 unspecified atom stereocenters. The van der Waals surface area contributed by atoms with Crippen molar-refractivity contribution in [1.29, 1.82) is 0 Å². The molecule has 2 nitrogen and oxygen atoms in total. The van der Waals surface area contributed by atoms with Gasteiger partial charge in [-0.1, -0.05) is 45.7 Å². The number of aromatic nitrogens is 1. The first kappa shape index (κ1) is 11.3. The van der Waals surface area contributed by atoms with Crippen LogP contribution in [0.3, 0.4) is 0 Å². The van der Waals surface area contributed by atoms with E-state index in [0.29, 0.717) is 10.9 Å². The first-order valence-electron chi connectivity index (χ1n) is 5.80. The Morgan fingerprint density at radius 3 is 2.79 bits per heavy atom. The van der Waals surface area contributed by atoms with Crippen LogP contribution in [0, 0.1) is 0 Å². The maximum absolute atomic E-state index is 6.55. The summed E-state index contributed by atoms with van der Waals surface area (Å²) in [7, 11) is 0. The predicted molar refractivity (Wildman–Crippen MR) is 80.8 cm³/mol. The predicted octanol–water partition coefficient (Wildman–Crippen LogP) is 5.50. The third kappa shape index (κ3) is 1.58. The van der Waals surface area contributed by atoms with Crippen molar-refractivity contribution in [3.8, 4) is 11.5 Å². The molecule has 0 saturated heterocycles. The van der Waals surface area contributed by atoms with Crippen LogP contribution in [0.2, 0.25) is 5.02 Å². The monoisotopic (exact) mass is 331 g/mol. The van der Waals surface area contributed by atoms with E-state index in [0.717, 1.165) is 31.9 Å². The Kier molecular flexibility index (Phi) is 2.34. The van der Waals surface area contributed by atoms with Crippen LogP contribution in [-0.2, 0) is 0 Å². The lowest BCUT2D eigenvalue weighted by molar-refractivity contribution is 0.605.